The van der Waals surface area contributed by atoms with Gasteiger partial charge in [0.25, 0.3) is 0 Å². The highest BCUT2D eigenvalue weighted by Crippen LogP contribution is 2.23. The molecule has 2 aromatic carbocycles. The Labute approximate surface area is 129 Å². The number of hydrogen-bond donors (Lipinski definition) is 0. The monoisotopic (exact) mass is 306 g/mol. The van der Waals surface area contributed by atoms with Crippen molar-refractivity contribution in [3.63, 3.8) is 0 Å². The van der Waals surface area contributed by atoms with Crippen LogP contribution in [0.1, 0.15) is 23.1 Å². The summed E-state index contributed by atoms with van der Waals surface area (Å²) in [5.41, 5.74) is 3.37. The number of carbonyl (C=O) groups excluding carboxylic acids is 1. The summed E-state index contributed by atoms with van der Waals surface area (Å²) in [6.45, 7) is 2.07. The maximum Gasteiger partial charge on any atom is 0.137 e. The van der Waals surface area contributed by atoms with E-state index in [4.69, 9.17) is 23.2 Å². The van der Waals surface area contributed by atoms with Crippen molar-refractivity contribution >= 4 is 29.0 Å². The standard InChI is InChI=1S/C17H16Cl2O/c1-12-4-2-3-5-14(12)7-8-15(20)10-13-6-9-16(18)17(19)11-13/h2-6,9,11H,7-8,10H2,1H3. The molecule has 0 aromatic heterocycles. The third kappa shape index (κ3) is 4.09. The Morgan fingerprint density at radius 2 is 1.80 bits per heavy atom. The van der Waals surface area contributed by atoms with Crippen molar-refractivity contribution in [2.45, 2.75) is 26.2 Å². The van der Waals surface area contributed by atoms with E-state index in [0.717, 1.165) is 12.0 Å². The van der Waals surface area contributed by atoms with E-state index in [0.29, 0.717) is 22.9 Å². The van der Waals surface area contributed by atoms with Crippen LogP contribution in [0.5, 0.6) is 0 Å². The van der Waals surface area contributed by atoms with Gasteiger partial charge in [0.2, 0.25) is 0 Å². The van der Waals surface area contributed by atoms with Crippen LogP contribution in [0.2, 0.25) is 10.0 Å². The lowest BCUT2D eigenvalue weighted by molar-refractivity contribution is -0.118. The lowest BCUT2D eigenvalue weighted by Crippen LogP contribution is -2.05. The molecule has 2 aromatic rings. The lowest BCUT2D eigenvalue weighted by Gasteiger charge is -2.06. The molecule has 0 unspecified atom stereocenters. The van der Waals surface area contributed by atoms with Crippen LogP contribution in [0.3, 0.4) is 0 Å². The molecule has 0 atom stereocenters. The van der Waals surface area contributed by atoms with Gasteiger partial charge in [-0.2, -0.15) is 0 Å². The summed E-state index contributed by atoms with van der Waals surface area (Å²) in [5.74, 6) is 0.214. The lowest BCUT2D eigenvalue weighted by atomic mass is 10.00. The van der Waals surface area contributed by atoms with Crippen LogP contribution in [-0.4, -0.2) is 5.78 Å². The highest BCUT2D eigenvalue weighted by molar-refractivity contribution is 6.42. The number of aryl methyl sites for hydroxylation is 2. The van der Waals surface area contributed by atoms with Gasteiger partial charge in [-0.1, -0.05) is 53.5 Å². The summed E-state index contributed by atoms with van der Waals surface area (Å²) in [7, 11) is 0. The SMILES string of the molecule is Cc1ccccc1CCC(=O)Cc1ccc(Cl)c(Cl)c1. The maximum absolute atomic E-state index is 12.0. The smallest absolute Gasteiger partial charge is 0.137 e. The Hall–Kier alpha value is -1.31. The first-order valence-corrected chi connectivity index (χ1v) is 7.32. The van der Waals surface area contributed by atoms with E-state index in [1.807, 2.05) is 18.2 Å². The number of Topliss-reactive ketones (excluding diaryl/α,β-unsaturated/α-hetero) is 1. The summed E-state index contributed by atoms with van der Waals surface area (Å²) in [4.78, 5) is 12.0. The maximum atomic E-state index is 12.0. The van der Waals surface area contributed by atoms with Crippen molar-refractivity contribution in [3.05, 3.63) is 69.2 Å². The quantitative estimate of drug-likeness (QED) is 0.755. The van der Waals surface area contributed by atoms with Crippen molar-refractivity contribution < 1.29 is 4.79 Å². The molecule has 0 heterocycles. The molecule has 0 amide bonds. The number of hydrogen-bond acceptors (Lipinski definition) is 1. The van der Waals surface area contributed by atoms with Gasteiger partial charge in [0.1, 0.15) is 5.78 Å². The van der Waals surface area contributed by atoms with E-state index < -0.39 is 0 Å². The number of benzene rings is 2. The molecule has 0 spiro atoms. The van der Waals surface area contributed by atoms with Gasteiger partial charge in [0, 0.05) is 12.8 Å². The second-order valence-electron chi connectivity index (χ2n) is 4.89. The van der Waals surface area contributed by atoms with Gasteiger partial charge in [-0.25, -0.2) is 0 Å². The number of rotatable bonds is 5. The van der Waals surface area contributed by atoms with E-state index in [1.165, 1.54) is 11.1 Å². The fourth-order valence-corrected chi connectivity index (χ4v) is 2.45. The third-order valence-electron chi connectivity index (χ3n) is 3.32. The second-order valence-corrected chi connectivity index (χ2v) is 5.70. The Morgan fingerprint density at radius 3 is 2.50 bits per heavy atom. The highest BCUT2D eigenvalue weighted by Gasteiger charge is 2.07. The van der Waals surface area contributed by atoms with Crippen molar-refractivity contribution in [2.24, 2.45) is 0 Å². The molecule has 3 heteroatoms. The van der Waals surface area contributed by atoms with Crippen LogP contribution < -0.4 is 0 Å². The summed E-state index contributed by atoms with van der Waals surface area (Å²) in [6.07, 6.45) is 1.74. The fraction of sp³-hybridized carbons (Fsp3) is 0.235. The minimum atomic E-state index is 0.214. The summed E-state index contributed by atoms with van der Waals surface area (Å²) in [6, 6.07) is 13.5. The molecule has 0 aliphatic heterocycles. The second kappa shape index (κ2) is 6.92. The molecule has 0 N–H and O–H groups in total. The Balaban J connectivity index is 1.93. The first kappa shape index (κ1) is 15.1. The van der Waals surface area contributed by atoms with Gasteiger partial charge in [-0.15, -0.1) is 0 Å². The molecule has 20 heavy (non-hydrogen) atoms. The molecule has 104 valence electrons. The molecule has 0 bridgehead atoms. The van der Waals surface area contributed by atoms with E-state index in [2.05, 4.69) is 19.1 Å². The van der Waals surface area contributed by atoms with Crippen LogP contribution in [0.25, 0.3) is 0 Å². The first-order chi connectivity index (χ1) is 9.56. The largest absolute Gasteiger partial charge is 0.299 e. The average molecular weight is 307 g/mol. The summed E-state index contributed by atoms with van der Waals surface area (Å²) >= 11 is 11.8. The fourth-order valence-electron chi connectivity index (χ4n) is 2.13. The molecule has 0 saturated carbocycles. The molecule has 0 aliphatic carbocycles. The van der Waals surface area contributed by atoms with E-state index in [1.54, 1.807) is 12.1 Å². The Kier molecular flexibility index (Phi) is 5.22. The molecule has 2 rings (SSSR count). The zero-order valence-corrected chi connectivity index (χ0v) is 12.8. The molecule has 0 saturated heterocycles. The number of carbonyl (C=O) groups is 1. The van der Waals surface area contributed by atoms with Crippen LogP contribution >= 0.6 is 23.2 Å². The van der Waals surface area contributed by atoms with Gasteiger partial charge < -0.3 is 0 Å². The number of halogens is 2. The third-order valence-corrected chi connectivity index (χ3v) is 4.06. The predicted octanol–water partition coefficient (Wildman–Crippen LogP) is 5.05. The minimum absolute atomic E-state index is 0.214. The van der Waals surface area contributed by atoms with Gasteiger partial charge in [0.15, 0.2) is 0 Å². The van der Waals surface area contributed by atoms with Gasteiger partial charge >= 0.3 is 0 Å². The molecular formula is C17H16Cl2O. The highest BCUT2D eigenvalue weighted by atomic mass is 35.5. The number of ketones is 1. The van der Waals surface area contributed by atoms with Crippen LogP contribution in [0.15, 0.2) is 42.5 Å². The van der Waals surface area contributed by atoms with Crippen molar-refractivity contribution in [2.75, 3.05) is 0 Å². The van der Waals surface area contributed by atoms with Crippen LogP contribution in [-0.2, 0) is 17.6 Å². The van der Waals surface area contributed by atoms with Gasteiger partial charge in [0.05, 0.1) is 10.0 Å². The van der Waals surface area contributed by atoms with Gasteiger partial charge in [-0.3, -0.25) is 4.79 Å². The zero-order valence-electron chi connectivity index (χ0n) is 11.3. The van der Waals surface area contributed by atoms with Crippen molar-refractivity contribution in [1.82, 2.24) is 0 Å². The summed E-state index contributed by atoms with van der Waals surface area (Å²) < 4.78 is 0. The topological polar surface area (TPSA) is 17.1 Å². The molecule has 0 radical (unpaired) electrons. The first-order valence-electron chi connectivity index (χ1n) is 6.56. The van der Waals surface area contributed by atoms with Crippen LogP contribution in [0, 0.1) is 6.92 Å². The molecular weight excluding hydrogens is 291 g/mol. The molecule has 0 fully saturated rings. The Morgan fingerprint density at radius 1 is 1.05 bits per heavy atom. The van der Waals surface area contributed by atoms with Crippen molar-refractivity contribution in [1.29, 1.82) is 0 Å². The van der Waals surface area contributed by atoms with E-state index >= 15 is 0 Å². The molecule has 0 aliphatic rings. The predicted molar refractivity (Wildman–Crippen MR) is 84.7 cm³/mol. The van der Waals surface area contributed by atoms with E-state index in [-0.39, 0.29) is 5.78 Å². The molecule has 1 nitrogen and oxygen atoms in total. The average Bonchev–Trinajstić information content (AvgIpc) is 2.42. The zero-order chi connectivity index (χ0) is 14.5. The Bertz CT molecular complexity index is 620. The van der Waals surface area contributed by atoms with E-state index in [9.17, 15) is 4.79 Å². The minimum Gasteiger partial charge on any atom is -0.299 e. The normalized spacial score (nSPS) is 10.6. The summed E-state index contributed by atoms with van der Waals surface area (Å²) in [5, 5.41) is 1.01. The van der Waals surface area contributed by atoms with Crippen LogP contribution in [0.4, 0.5) is 0 Å². The van der Waals surface area contributed by atoms with Crippen molar-refractivity contribution in [3.8, 4) is 0 Å². The van der Waals surface area contributed by atoms with Gasteiger partial charge in [-0.05, 0) is 42.2 Å².